The van der Waals surface area contributed by atoms with E-state index in [2.05, 4.69) is 4.99 Å². The number of anilines is 1. The van der Waals surface area contributed by atoms with Gasteiger partial charge >= 0.3 is 0 Å². The third-order valence-corrected chi connectivity index (χ3v) is 5.19. The lowest BCUT2D eigenvalue weighted by atomic mass is 10.0. The summed E-state index contributed by atoms with van der Waals surface area (Å²) in [4.78, 5) is 19.5. The number of fused-ring (bicyclic) bond motifs is 1. The van der Waals surface area contributed by atoms with Crippen LogP contribution in [0.2, 0.25) is 0 Å². The molecule has 4 aromatic rings. The molecule has 5 rings (SSSR count). The molecule has 5 heteroatoms. The van der Waals surface area contributed by atoms with Gasteiger partial charge in [-0.2, -0.15) is 0 Å². The van der Waals surface area contributed by atoms with Crippen LogP contribution < -0.4 is 4.90 Å². The van der Waals surface area contributed by atoms with E-state index in [9.17, 15) is 14.3 Å². The second kappa shape index (κ2) is 7.54. The lowest BCUT2D eigenvalue weighted by molar-refractivity contribution is -0.113. The van der Waals surface area contributed by atoms with E-state index in [0.29, 0.717) is 17.1 Å². The standard InChI is InChI=1S/C26H17FN2O2/c27-20-10-8-18(9-11-20)25-28-24(26(31)29(25)21-12-14-22(30)15-13-21)16-19-6-3-5-17-4-1-2-7-23(17)19/h1-16,30H/b24-16+. The number of amidine groups is 1. The summed E-state index contributed by atoms with van der Waals surface area (Å²) in [6.45, 7) is 0. The molecular weight excluding hydrogens is 391 g/mol. The first-order valence-corrected chi connectivity index (χ1v) is 9.78. The van der Waals surface area contributed by atoms with Crippen molar-refractivity contribution in [2.24, 2.45) is 4.99 Å². The van der Waals surface area contributed by atoms with Crippen molar-refractivity contribution < 1.29 is 14.3 Å². The molecule has 1 heterocycles. The number of benzene rings is 4. The zero-order chi connectivity index (χ0) is 21.4. The van der Waals surface area contributed by atoms with E-state index in [1.807, 2.05) is 42.5 Å². The van der Waals surface area contributed by atoms with Gasteiger partial charge in [-0.15, -0.1) is 0 Å². The van der Waals surface area contributed by atoms with Crippen LogP contribution in [-0.4, -0.2) is 16.8 Å². The fraction of sp³-hybridized carbons (Fsp3) is 0. The maximum atomic E-state index is 13.5. The Balaban J connectivity index is 1.66. The van der Waals surface area contributed by atoms with Crippen LogP contribution in [0.4, 0.5) is 10.1 Å². The predicted octanol–water partition coefficient (Wildman–Crippen LogP) is 5.52. The minimum absolute atomic E-state index is 0.0992. The van der Waals surface area contributed by atoms with Crippen LogP contribution in [-0.2, 0) is 4.79 Å². The first kappa shape index (κ1) is 18.8. The molecule has 0 unspecified atom stereocenters. The lowest BCUT2D eigenvalue weighted by Crippen LogP contribution is -2.32. The van der Waals surface area contributed by atoms with Crippen molar-refractivity contribution in [3.8, 4) is 5.75 Å². The highest BCUT2D eigenvalue weighted by Crippen LogP contribution is 2.30. The van der Waals surface area contributed by atoms with Gasteiger partial charge in [-0.1, -0.05) is 42.5 Å². The Morgan fingerprint density at radius 3 is 2.32 bits per heavy atom. The predicted molar refractivity (Wildman–Crippen MR) is 120 cm³/mol. The fourth-order valence-electron chi connectivity index (χ4n) is 3.67. The summed E-state index contributed by atoms with van der Waals surface area (Å²) in [5, 5.41) is 11.7. The van der Waals surface area contributed by atoms with E-state index in [-0.39, 0.29) is 23.2 Å². The molecule has 0 atom stereocenters. The second-order valence-corrected chi connectivity index (χ2v) is 7.20. The minimum Gasteiger partial charge on any atom is -0.508 e. The first-order valence-electron chi connectivity index (χ1n) is 9.78. The van der Waals surface area contributed by atoms with Crippen LogP contribution in [0.1, 0.15) is 11.1 Å². The number of carbonyl (C=O) groups excluding carboxylic acids is 1. The number of aromatic hydroxyl groups is 1. The van der Waals surface area contributed by atoms with Crippen molar-refractivity contribution in [2.75, 3.05) is 4.90 Å². The number of hydrogen-bond donors (Lipinski definition) is 1. The summed E-state index contributed by atoms with van der Waals surface area (Å²) < 4.78 is 13.5. The highest BCUT2D eigenvalue weighted by atomic mass is 19.1. The molecule has 0 spiro atoms. The van der Waals surface area contributed by atoms with Gasteiger partial charge in [-0.3, -0.25) is 9.69 Å². The van der Waals surface area contributed by atoms with Crippen molar-refractivity contribution in [1.29, 1.82) is 0 Å². The molecule has 0 fully saturated rings. The first-order chi connectivity index (χ1) is 15.1. The number of amides is 1. The van der Waals surface area contributed by atoms with Gasteiger partial charge in [-0.05, 0) is 70.9 Å². The smallest absolute Gasteiger partial charge is 0.282 e. The van der Waals surface area contributed by atoms with E-state index >= 15 is 0 Å². The molecule has 0 saturated carbocycles. The summed E-state index contributed by atoms with van der Waals surface area (Å²) in [6.07, 6.45) is 1.77. The van der Waals surface area contributed by atoms with E-state index in [1.54, 1.807) is 30.3 Å². The zero-order valence-corrected chi connectivity index (χ0v) is 16.4. The van der Waals surface area contributed by atoms with E-state index < -0.39 is 0 Å². The lowest BCUT2D eigenvalue weighted by Gasteiger charge is -2.18. The number of aliphatic imine (C=N–C) groups is 1. The molecule has 150 valence electrons. The maximum Gasteiger partial charge on any atom is 0.282 e. The number of carbonyl (C=O) groups is 1. The van der Waals surface area contributed by atoms with Gasteiger partial charge in [0, 0.05) is 5.56 Å². The van der Waals surface area contributed by atoms with Gasteiger partial charge in [0.05, 0.1) is 5.69 Å². The number of phenolic OH excluding ortho intramolecular Hbond substituents is 1. The molecule has 1 N–H and O–H groups in total. The minimum atomic E-state index is -0.364. The van der Waals surface area contributed by atoms with Crippen molar-refractivity contribution >= 4 is 34.3 Å². The Bertz CT molecular complexity index is 1350. The van der Waals surface area contributed by atoms with Crippen molar-refractivity contribution in [1.82, 2.24) is 0 Å². The van der Waals surface area contributed by atoms with Crippen LogP contribution in [0.25, 0.3) is 16.8 Å². The molecule has 31 heavy (non-hydrogen) atoms. The van der Waals surface area contributed by atoms with Gasteiger partial charge in [0.2, 0.25) is 0 Å². The van der Waals surface area contributed by atoms with Crippen molar-refractivity contribution in [3.63, 3.8) is 0 Å². The Morgan fingerprint density at radius 2 is 1.55 bits per heavy atom. The molecule has 0 radical (unpaired) electrons. The largest absolute Gasteiger partial charge is 0.508 e. The Hall–Kier alpha value is -4.25. The second-order valence-electron chi connectivity index (χ2n) is 7.20. The van der Waals surface area contributed by atoms with Crippen LogP contribution >= 0.6 is 0 Å². The number of rotatable bonds is 3. The highest BCUT2D eigenvalue weighted by molar-refractivity contribution is 6.33. The van der Waals surface area contributed by atoms with Crippen molar-refractivity contribution in [2.45, 2.75) is 0 Å². The van der Waals surface area contributed by atoms with Crippen LogP contribution in [0.5, 0.6) is 5.75 Å². The number of nitrogens with zero attached hydrogens (tertiary/aromatic N) is 2. The Kier molecular flexibility index (Phi) is 4.56. The van der Waals surface area contributed by atoms with Crippen molar-refractivity contribution in [3.05, 3.63) is 114 Å². The number of hydrogen-bond acceptors (Lipinski definition) is 3. The summed E-state index contributed by atoms with van der Waals surface area (Å²) in [6, 6.07) is 26.0. The van der Waals surface area contributed by atoms with Gasteiger partial charge in [0.25, 0.3) is 5.91 Å². The van der Waals surface area contributed by atoms with Gasteiger partial charge in [0.15, 0.2) is 0 Å². The molecule has 0 bridgehead atoms. The maximum absolute atomic E-state index is 13.5. The molecule has 0 aliphatic carbocycles. The number of halogens is 1. The van der Waals surface area contributed by atoms with E-state index in [4.69, 9.17) is 0 Å². The molecule has 1 aliphatic heterocycles. The Labute approximate surface area is 178 Å². The molecule has 0 saturated heterocycles. The highest BCUT2D eigenvalue weighted by Gasteiger charge is 2.32. The Morgan fingerprint density at radius 1 is 0.839 bits per heavy atom. The fourth-order valence-corrected chi connectivity index (χ4v) is 3.67. The number of phenols is 1. The van der Waals surface area contributed by atoms with E-state index in [0.717, 1.165) is 16.3 Å². The monoisotopic (exact) mass is 408 g/mol. The molecule has 1 amide bonds. The van der Waals surface area contributed by atoms with Gasteiger partial charge in [-0.25, -0.2) is 9.38 Å². The SMILES string of the molecule is O=C1/C(=C\c2cccc3ccccc23)N=C(c2ccc(F)cc2)N1c1ccc(O)cc1. The molecule has 4 nitrogen and oxygen atoms in total. The average molecular weight is 408 g/mol. The quantitative estimate of drug-likeness (QED) is 0.454. The van der Waals surface area contributed by atoms with Gasteiger partial charge in [0.1, 0.15) is 23.1 Å². The average Bonchev–Trinajstić information content (AvgIpc) is 3.11. The van der Waals surface area contributed by atoms with Gasteiger partial charge < -0.3 is 5.11 Å². The molecule has 0 aromatic heterocycles. The van der Waals surface area contributed by atoms with Crippen LogP contribution in [0, 0.1) is 5.82 Å². The summed E-state index contributed by atoms with van der Waals surface area (Å²) in [5.41, 5.74) is 2.34. The summed E-state index contributed by atoms with van der Waals surface area (Å²) >= 11 is 0. The van der Waals surface area contributed by atoms with E-state index in [1.165, 1.54) is 29.2 Å². The third kappa shape index (κ3) is 3.46. The molecule has 1 aliphatic rings. The summed E-state index contributed by atoms with van der Waals surface area (Å²) in [5.74, 6) is -0.154. The zero-order valence-electron chi connectivity index (χ0n) is 16.4. The third-order valence-electron chi connectivity index (χ3n) is 5.19. The summed E-state index contributed by atoms with van der Waals surface area (Å²) in [7, 11) is 0. The molecule has 4 aromatic carbocycles. The van der Waals surface area contributed by atoms with Crippen LogP contribution in [0.15, 0.2) is 102 Å². The van der Waals surface area contributed by atoms with Crippen LogP contribution in [0.3, 0.4) is 0 Å². The molecular formula is C26H17FN2O2. The normalized spacial score (nSPS) is 15.0. The topological polar surface area (TPSA) is 52.9 Å².